The van der Waals surface area contributed by atoms with Gasteiger partial charge in [0.1, 0.15) is 25.3 Å². The molecule has 2 aromatic carbocycles. The van der Waals surface area contributed by atoms with E-state index < -0.39 is 92.1 Å². The third kappa shape index (κ3) is 10.4. The summed E-state index contributed by atoms with van der Waals surface area (Å²) in [6.07, 6.45) is 7.52. The molecule has 0 aromatic heterocycles. The molecule has 0 saturated heterocycles. The lowest BCUT2D eigenvalue weighted by Crippen LogP contribution is -2.53. The summed E-state index contributed by atoms with van der Waals surface area (Å²) in [4.78, 5) is 54.2. The molecule has 1 N–H and O–H groups in total. The summed E-state index contributed by atoms with van der Waals surface area (Å²) in [5.74, 6) is -2.86. The van der Waals surface area contributed by atoms with Crippen molar-refractivity contribution in [2.75, 3.05) is 20.3 Å². The van der Waals surface area contributed by atoms with Crippen LogP contribution in [0, 0.1) is 32.1 Å². The fraction of sp³-hybridized carbons (Fsp3) is 0.590. The number of hydrogen-bond donors (Lipinski definition) is 1. The predicted molar refractivity (Wildman–Crippen MR) is 220 cm³/mol. The number of rotatable bonds is 12. The molecule has 334 valence electrons. The van der Waals surface area contributed by atoms with Crippen LogP contribution >= 0.6 is 0 Å². The molecule has 20 nitrogen and oxygen atoms in total. The SMILES string of the molecule is CC1(C)COC(N([C@H](C(=O)O)C2CCCCC2)S(=O)(=O)c2ccccc2[N+](=O)[O-])=N1.COC(=O)[C@H](C1CCCCC1)N(C1=NC(C)(C)CO1)S(=O)(=O)c1ccccc1[N+](=O)[O-]. The normalized spacial score (nSPS) is 20.0. The van der Waals surface area contributed by atoms with Gasteiger partial charge in [-0.15, -0.1) is 0 Å². The first kappa shape index (κ1) is 46.7. The van der Waals surface area contributed by atoms with Crippen molar-refractivity contribution in [1.29, 1.82) is 0 Å². The van der Waals surface area contributed by atoms with Gasteiger partial charge in [-0.1, -0.05) is 62.8 Å². The van der Waals surface area contributed by atoms with Gasteiger partial charge in [0.25, 0.3) is 31.4 Å². The number of aliphatic imine (C=N–C) groups is 2. The molecule has 2 fully saturated rings. The van der Waals surface area contributed by atoms with E-state index >= 15 is 0 Å². The number of hydrogen-bond acceptors (Lipinski definition) is 15. The number of carbonyl (C=O) groups is 2. The number of carboxylic acid groups (broad SMARTS) is 1. The second kappa shape index (κ2) is 18.7. The molecule has 0 spiro atoms. The minimum absolute atomic E-state index is 0.0717. The quantitative estimate of drug-likeness (QED) is 0.153. The first-order chi connectivity index (χ1) is 28.6. The van der Waals surface area contributed by atoms with Crippen LogP contribution in [-0.4, -0.2) is 108 Å². The third-order valence-electron chi connectivity index (χ3n) is 10.9. The lowest BCUT2D eigenvalue weighted by molar-refractivity contribution is -0.388. The Morgan fingerprint density at radius 2 is 1.07 bits per heavy atom. The number of carbonyl (C=O) groups excluding carboxylic acids is 1. The standard InChI is InChI=1S/C20H27N3O7S.C19H25N3O7S/c1-20(2)13-30-19(21-20)22(17(18(24)29-3)14-9-5-4-6-10-14)31(27,28)16-12-8-7-11-15(16)23(25)26;1-19(2)12-29-18(20-19)21(16(17(23)24)13-8-4-3-5-9-13)30(27,28)15-11-7-6-10-14(15)22(25)26/h7-8,11-12,14,17H,4-6,9-10,13H2,1-3H3;6-7,10-11,13,16H,3-5,8-9,12H2,1-2H3,(H,23,24)/t17-;16-/m00/s1. The van der Waals surface area contributed by atoms with Crippen molar-refractivity contribution < 1.29 is 55.6 Å². The molecule has 0 unspecified atom stereocenters. The minimum atomic E-state index is -4.65. The van der Waals surface area contributed by atoms with Crippen LogP contribution in [0.3, 0.4) is 0 Å². The van der Waals surface area contributed by atoms with E-state index in [0.29, 0.717) is 30.0 Å². The van der Waals surface area contributed by atoms with Crippen molar-refractivity contribution >= 4 is 55.4 Å². The van der Waals surface area contributed by atoms with Gasteiger partial charge in [0.05, 0.1) is 28.0 Å². The number of nitrogens with zero attached hydrogens (tertiary/aromatic N) is 6. The Balaban J connectivity index is 0.000000231. The minimum Gasteiger partial charge on any atom is -0.480 e. The number of carboxylic acids is 1. The van der Waals surface area contributed by atoms with Crippen molar-refractivity contribution in [3.63, 3.8) is 0 Å². The maximum Gasteiger partial charge on any atom is 0.330 e. The van der Waals surface area contributed by atoms with Crippen LogP contribution in [0.5, 0.6) is 0 Å². The molecule has 2 heterocycles. The molecular weight excluding hydrogens is 841 g/mol. The number of amidine groups is 2. The zero-order valence-electron chi connectivity index (χ0n) is 34.7. The van der Waals surface area contributed by atoms with Gasteiger partial charge in [0, 0.05) is 12.1 Å². The highest BCUT2D eigenvalue weighted by atomic mass is 32.2. The average molecular weight is 893 g/mol. The lowest BCUT2D eigenvalue weighted by atomic mass is 9.84. The van der Waals surface area contributed by atoms with E-state index in [0.717, 1.165) is 67.1 Å². The van der Waals surface area contributed by atoms with E-state index in [9.17, 15) is 51.8 Å². The Morgan fingerprint density at radius 3 is 1.39 bits per heavy atom. The average Bonchev–Trinajstić information content (AvgIpc) is 3.77. The number of benzene rings is 2. The van der Waals surface area contributed by atoms with Gasteiger partial charge in [0.15, 0.2) is 9.79 Å². The van der Waals surface area contributed by atoms with Crippen molar-refractivity contribution in [3.8, 4) is 0 Å². The van der Waals surface area contributed by atoms with Crippen molar-refractivity contribution in [2.45, 2.75) is 125 Å². The van der Waals surface area contributed by atoms with Crippen molar-refractivity contribution in [2.24, 2.45) is 21.8 Å². The highest BCUT2D eigenvalue weighted by Crippen LogP contribution is 2.38. The number of ether oxygens (including phenoxy) is 3. The molecule has 2 aliphatic carbocycles. The van der Waals surface area contributed by atoms with Crippen molar-refractivity contribution in [3.05, 3.63) is 68.8 Å². The smallest absolute Gasteiger partial charge is 0.330 e. The summed E-state index contributed by atoms with van der Waals surface area (Å²) in [7, 11) is -8.04. The van der Waals surface area contributed by atoms with E-state index in [1.165, 1.54) is 31.4 Å². The van der Waals surface area contributed by atoms with Gasteiger partial charge < -0.3 is 19.3 Å². The molecule has 6 rings (SSSR count). The second-order valence-corrected chi connectivity index (χ2v) is 20.2. The van der Waals surface area contributed by atoms with Crippen LogP contribution in [0.15, 0.2) is 68.3 Å². The van der Waals surface area contributed by atoms with Gasteiger partial charge in [-0.25, -0.2) is 45.0 Å². The molecule has 2 saturated carbocycles. The number of methoxy groups -OCH3 is 1. The van der Waals surface area contributed by atoms with Crippen molar-refractivity contribution in [1.82, 2.24) is 8.61 Å². The molecule has 0 radical (unpaired) electrons. The molecular formula is C39H52N6O14S2. The number of esters is 1. The highest BCUT2D eigenvalue weighted by Gasteiger charge is 2.50. The van der Waals surface area contributed by atoms with Gasteiger partial charge >= 0.3 is 24.0 Å². The Labute approximate surface area is 354 Å². The topological polar surface area (TPSA) is 268 Å². The molecule has 0 amide bonds. The Kier molecular flexibility index (Phi) is 14.3. The maximum atomic E-state index is 13.8. The molecule has 61 heavy (non-hydrogen) atoms. The summed E-state index contributed by atoms with van der Waals surface area (Å²) >= 11 is 0. The molecule has 22 heteroatoms. The fourth-order valence-corrected chi connectivity index (χ4v) is 11.4. The molecule has 0 bridgehead atoms. The summed E-state index contributed by atoms with van der Waals surface area (Å²) in [6.45, 7) is 7.18. The van der Waals surface area contributed by atoms with Crippen LogP contribution in [0.1, 0.15) is 91.9 Å². The number of nitro groups is 2. The van der Waals surface area contributed by atoms with Gasteiger partial charge in [-0.05, 0) is 77.3 Å². The molecule has 2 atom stereocenters. The van der Waals surface area contributed by atoms with Crippen LogP contribution in [-0.2, 0) is 43.8 Å². The van der Waals surface area contributed by atoms with Gasteiger partial charge in [0.2, 0.25) is 0 Å². The van der Waals surface area contributed by atoms with Gasteiger partial charge in [-0.2, -0.15) is 0 Å². The number of sulfonamides is 2. The highest BCUT2D eigenvalue weighted by molar-refractivity contribution is 7.90. The summed E-state index contributed by atoms with van der Waals surface area (Å²) < 4.78 is 72.5. The Morgan fingerprint density at radius 1 is 0.705 bits per heavy atom. The molecule has 2 aliphatic heterocycles. The lowest BCUT2D eigenvalue weighted by Gasteiger charge is -2.36. The third-order valence-corrected chi connectivity index (χ3v) is 14.5. The van der Waals surface area contributed by atoms with E-state index in [-0.39, 0.29) is 31.2 Å². The maximum absolute atomic E-state index is 13.8. The van der Waals surface area contributed by atoms with Gasteiger partial charge in [-0.3, -0.25) is 20.2 Å². The van der Waals surface area contributed by atoms with E-state index in [1.54, 1.807) is 27.7 Å². The number of nitro benzene ring substituents is 2. The first-order valence-electron chi connectivity index (χ1n) is 19.9. The summed E-state index contributed by atoms with van der Waals surface area (Å²) in [5, 5.41) is 33.0. The van der Waals surface area contributed by atoms with Crippen LogP contribution < -0.4 is 0 Å². The second-order valence-electron chi connectivity index (χ2n) is 16.6. The summed E-state index contributed by atoms with van der Waals surface area (Å²) in [6, 6.07) is 6.63. The summed E-state index contributed by atoms with van der Waals surface area (Å²) in [5.41, 5.74) is -2.67. The first-order valence-corrected chi connectivity index (χ1v) is 22.8. The zero-order valence-corrected chi connectivity index (χ0v) is 36.3. The largest absolute Gasteiger partial charge is 0.480 e. The molecule has 2 aromatic rings. The zero-order chi connectivity index (χ0) is 44.9. The number of aliphatic carboxylic acids is 1. The Bertz CT molecular complexity index is 2270. The Hall–Kier alpha value is -5.38. The number of para-hydroxylation sites is 2. The predicted octanol–water partition coefficient (Wildman–Crippen LogP) is 5.66. The fourth-order valence-electron chi connectivity index (χ4n) is 7.96. The monoisotopic (exact) mass is 892 g/mol. The van der Waals surface area contributed by atoms with E-state index in [1.807, 2.05) is 0 Å². The molecule has 4 aliphatic rings. The van der Waals surface area contributed by atoms with Crippen LogP contribution in [0.4, 0.5) is 11.4 Å². The van der Waals surface area contributed by atoms with Crippen LogP contribution in [0.25, 0.3) is 0 Å². The van der Waals surface area contributed by atoms with Crippen LogP contribution in [0.2, 0.25) is 0 Å². The van der Waals surface area contributed by atoms with E-state index in [4.69, 9.17) is 14.2 Å². The van der Waals surface area contributed by atoms with E-state index in [2.05, 4.69) is 9.98 Å².